The van der Waals surface area contributed by atoms with E-state index in [0.717, 1.165) is 15.5 Å². The number of nitrogens with one attached hydrogen (secondary N) is 1. The molecule has 0 aromatic carbocycles. The van der Waals surface area contributed by atoms with Gasteiger partial charge in [-0.2, -0.15) is 9.13 Å². The average Bonchev–Trinajstić information content (AvgIpc) is 2.72. The van der Waals surface area contributed by atoms with Gasteiger partial charge in [0.2, 0.25) is 6.23 Å². The first-order valence-electron chi connectivity index (χ1n) is 6.48. The molecule has 0 saturated carbocycles. The van der Waals surface area contributed by atoms with E-state index in [9.17, 15) is 24.4 Å². The molecule has 1 aromatic rings. The number of phosphoric ester groups is 1. The van der Waals surface area contributed by atoms with E-state index in [1.54, 1.807) is 0 Å². The van der Waals surface area contributed by atoms with Crippen molar-refractivity contribution in [2.75, 3.05) is 0 Å². The Morgan fingerprint density at radius 2 is 2.00 bits per heavy atom. The SMILES string of the molecule is CC(OP(=O)(O)O)[C@H]1O[C@@H]([n+]2c[nH]c(=O)n(C)c2=O)[C@H](O)[C@@H]1O. The average molecular weight is 354 g/mol. The van der Waals surface area contributed by atoms with E-state index in [-0.39, 0.29) is 0 Å². The fourth-order valence-electron chi connectivity index (χ4n) is 2.30. The number of aliphatic hydroxyl groups is 2. The molecule has 0 aliphatic carbocycles. The van der Waals surface area contributed by atoms with Crippen LogP contribution in [0.1, 0.15) is 13.2 Å². The lowest BCUT2D eigenvalue weighted by atomic mass is 10.1. The summed E-state index contributed by atoms with van der Waals surface area (Å²) in [4.78, 5) is 43.1. The quantitative estimate of drug-likeness (QED) is 0.271. The van der Waals surface area contributed by atoms with Crippen molar-refractivity contribution < 1.29 is 38.4 Å². The van der Waals surface area contributed by atoms with Crippen molar-refractivity contribution in [2.24, 2.45) is 7.05 Å². The van der Waals surface area contributed by atoms with Crippen LogP contribution in [0.15, 0.2) is 15.9 Å². The topological polar surface area (TPSA) is 175 Å². The standard InChI is InChI=1S/C10H16N3O9P/c1-4(22-23(18,19)20)7-5(14)6(15)8(21-7)13-3-11-9(16)12(2)10(13)17/h3-8,14-15H,1-2H3,(H2,18,19,20)/p+1/t4?,5-,6+,7+,8+/m0/s1. The Kier molecular flexibility index (Phi) is 4.87. The van der Waals surface area contributed by atoms with Crippen LogP contribution in [-0.4, -0.2) is 54.0 Å². The third-order valence-electron chi connectivity index (χ3n) is 3.46. The molecule has 2 heterocycles. The lowest BCUT2D eigenvalue weighted by molar-refractivity contribution is -0.784. The zero-order valence-corrected chi connectivity index (χ0v) is 13.0. The molecule has 23 heavy (non-hydrogen) atoms. The summed E-state index contributed by atoms with van der Waals surface area (Å²) in [6, 6.07) is 0. The Morgan fingerprint density at radius 3 is 2.57 bits per heavy atom. The molecule has 12 nitrogen and oxygen atoms in total. The maximum Gasteiger partial charge on any atom is 0.469 e. The van der Waals surface area contributed by atoms with E-state index < -0.39 is 49.8 Å². The summed E-state index contributed by atoms with van der Waals surface area (Å²) in [7, 11) is -3.63. The van der Waals surface area contributed by atoms with Gasteiger partial charge in [-0.1, -0.05) is 0 Å². The van der Waals surface area contributed by atoms with Gasteiger partial charge in [0.1, 0.15) is 18.3 Å². The predicted molar refractivity (Wildman–Crippen MR) is 71.0 cm³/mol. The number of hydrogen-bond donors (Lipinski definition) is 5. The lowest BCUT2D eigenvalue weighted by Gasteiger charge is -2.21. The number of aromatic nitrogens is 3. The molecule has 13 heteroatoms. The minimum Gasteiger partial charge on any atom is -0.387 e. The van der Waals surface area contributed by atoms with Gasteiger partial charge in [-0.05, 0) is 6.92 Å². The highest BCUT2D eigenvalue weighted by atomic mass is 31.2. The van der Waals surface area contributed by atoms with Gasteiger partial charge in [-0.25, -0.2) is 19.1 Å². The van der Waals surface area contributed by atoms with Crippen LogP contribution in [0.25, 0.3) is 0 Å². The van der Waals surface area contributed by atoms with Crippen molar-refractivity contribution in [2.45, 2.75) is 37.6 Å². The third kappa shape index (κ3) is 3.58. The molecule has 0 bridgehead atoms. The number of aromatic amines is 1. The number of phosphoric acid groups is 1. The van der Waals surface area contributed by atoms with Crippen LogP contribution >= 0.6 is 7.82 Å². The highest BCUT2D eigenvalue weighted by molar-refractivity contribution is 7.46. The van der Waals surface area contributed by atoms with E-state index in [1.807, 2.05) is 0 Å². The van der Waals surface area contributed by atoms with E-state index in [0.29, 0.717) is 0 Å². The van der Waals surface area contributed by atoms with Gasteiger partial charge in [0.25, 0.3) is 0 Å². The fraction of sp³-hybridized carbons (Fsp3) is 0.700. The maximum absolute atomic E-state index is 12.0. The molecule has 1 unspecified atom stereocenters. The van der Waals surface area contributed by atoms with Gasteiger partial charge in [0.15, 0.2) is 6.33 Å². The Bertz CT molecular complexity index is 740. The normalized spacial score (nSPS) is 29.7. The molecule has 1 aliphatic heterocycles. The summed E-state index contributed by atoms with van der Waals surface area (Å²) in [5.74, 6) is 0. The Labute approximate surface area is 128 Å². The number of nitrogens with zero attached hydrogens (tertiary/aromatic N) is 2. The number of aliphatic hydroxyl groups excluding tert-OH is 2. The Hall–Kier alpha value is -1.40. The minimum atomic E-state index is -4.83. The molecule has 1 saturated heterocycles. The predicted octanol–water partition coefficient (Wildman–Crippen LogP) is -3.52. The second-order valence-corrected chi connectivity index (χ2v) is 6.29. The van der Waals surface area contributed by atoms with E-state index >= 15 is 0 Å². The number of rotatable bonds is 4. The fourth-order valence-corrected chi connectivity index (χ4v) is 2.85. The molecule has 2 rings (SSSR count). The van der Waals surface area contributed by atoms with Crippen molar-refractivity contribution in [1.29, 1.82) is 0 Å². The van der Waals surface area contributed by atoms with Crippen molar-refractivity contribution in [1.82, 2.24) is 9.55 Å². The van der Waals surface area contributed by atoms with Crippen LogP contribution in [0.5, 0.6) is 0 Å². The molecule has 0 radical (unpaired) electrons. The molecular formula is C10H17N3O9P+. The summed E-state index contributed by atoms with van der Waals surface area (Å²) in [6.07, 6.45) is -6.10. The Morgan fingerprint density at radius 1 is 1.39 bits per heavy atom. The van der Waals surface area contributed by atoms with Crippen LogP contribution in [0.3, 0.4) is 0 Å². The number of hydrogen-bond acceptors (Lipinski definition) is 7. The highest BCUT2D eigenvalue weighted by Crippen LogP contribution is 2.40. The first-order chi connectivity index (χ1) is 10.5. The molecule has 1 fully saturated rings. The zero-order chi connectivity index (χ0) is 17.5. The summed E-state index contributed by atoms with van der Waals surface area (Å²) in [5.41, 5.74) is -1.50. The Balaban J connectivity index is 2.30. The van der Waals surface area contributed by atoms with Gasteiger partial charge in [0, 0.05) is 0 Å². The molecular weight excluding hydrogens is 337 g/mol. The minimum absolute atomic E-state index is 0.686. The van der Waals surface area contributed by atoms with Crippen molar-refractivity contribution >= 4 is 7.82 Å². The van der Waals surface area contributed by atoms with Crippen molar-refractivity contribution in [3.8, 4) is 0 Å². The summed E-state index contributed by atoms with van der Waals surface area (Å²) < 4.78 is 22.2. The van der Waals surface area contributed by atoms with Crippen LogP contribution in [0, 0.1) is 0 Å². The molecule has 5 N–H and O–H groups in total. The molecule has 5 atom stereocenters. The summed E-state index contributed by atoms with van der Waals surface area (Å²) in [5, 5.41) is 20.0. The second-order valence-electron chi connectivity index (χ2n) is 5.10. The van der Waals surface area contributed by atoms with Crippen LogP contribution in [0.2, 0.25) is 0 Å². The van der Waals surface area contributed by atoms with E-state index in [1.165, 1.54) is 14.0 Å². The largest absolute Gasteiger partial charge is 0.469 e. The van der Waals surface area contributed by atoms with Gasteiger partial charge < -0.3 is 24.7 Å². The maximum atomic E-state index is 12.0. The van der Waals surface area contributed by atoms with Crippen LogP contribution in [0.4, 0.5) is 0 Å². The summed E-state index contributed by atoms with van der Waals surface area (Å²) in [6.45, 7) is 1.23. The molecule has 0 amide bonds. The van der Waals surface area contributed by atoms with Crippen LogP contribution < -0.4 is 15.9 Å². The second kappa shape index (κ2) is 6.24. The molecule has 1 aromatic heterocycles. The van der Waals surface area contributed by atoms with Gasteiger partial charge in [-0.15, -0.1) is 0 Å². The van der Waals surface area contributed by atoms with Crippen molar-refractivity contribution in [3.05, 3.63) is 27.3 Å². The molecule has 0 spiro atoms. The highest BCUT2D eigenvalue weighted by Gasteiger charge is 2.49. The molecule has 1 aliphatic rings. The van der Waals surface area contributed by atoms with E-state index in [2.05, 4.69) is 9.51 Å². The zero-order valence-electron chi connectivity index (χ0n) is 12.1. The number of H-pyrrole nitrogens is 1. The first kappa shape index (κ1) is 17.9. The van der Waals surface area contributed by atoms with Gasteiger partial charge >= 0.3 is 19.2 Å². The smallest absolute Gasteiger partial charge is 0.387 e. The third-order valence-corrected chi connectivity index (χ3v) is 4.06. The molecule has 130 valence electrons. The van der Waals surface area contributed by atoms with Gasteiger partial charge in [-0.3, -0.25) is 4.52 Å². The lowest BCUT2D eigenvalue weighted by Crippen LogP contribution is -2.62. The van der Waals surface area contributed by atoms with Crippen LogP contribution in [-0.2, 0) is 20.9 Å². The van der Waals surface area contributed by atoms with Crippen molar-refractivity contribution in [3.63, 3.8) is 0 Å². The monoisotopic (exact) mass is 354 g/mol. The van der Waals surface area contributed by atoms with E-state index in [4.69, 9.17) is 14.5 Å². The number of ether oxygens (including phenoxy) is 1. The summed E-state index contributed by atoms with van der Waals surface area (Å²) >= 11 is 0. The van der Waals surface area contributed by atoms with Gasteiger partial charge in [0.05, 0.1) is 13.2 Å². The first-order valence-corrected chi connectivity index (χ1v) is 8.01.